The smallest absolute Gasteiger partial charge is 0.256 e. The van der Waals surface area contributed by atoms with Crippen molar-refractivity contribution in [2.75, 3.05) is 0 Å². The third-order valence-corrected chi connectivity index (χ3v) is 5.25. The first-order valence-electron chi connectivity index (χ1n) is 7.93. The van der Waals surface area contributed by atoms with E-state index in [9.17, 15) is 4.39 Å². The molecule has 2 aromatic heterocycles. The van der Waals surface area contributed by atoms with Crippen LogP contribution in [0.2, 0.25) is 0 Å². The Morgan fingerprint density at radius 1 is 1.25 bits per heavy atom. The molecule has 124 valence electrons. The molecular formula is C17H17FN4OS. The van der Waals surface area contributed by atoms with E-state index in [2.05, 4.69) is 19.7 Å². The van der Waals surface area contributed by atoms with E-state index in [1.807, 2.05) is 7.05 Å². The molecule has 1 saturated carbocycles. The van der Waals surface area contributed by atoms with Crippen molar-refractivity contribution in [3.63, 3.8) is 0 Å². The highest BCUT2D eigenvalue weighted by atomic mass is 32.2. The second kappa shape index (κ2) is 6.39. The zero-order valence-corrected chi connectivity index (χ0v) is 14.1. The number of hydrogen-bond donors (Lipinski definition) is 0. The molecule has 0 radical (unpaired) electrons. The van der Waals surface area contributed by atoms with Gasteiger partial charge < -0.3 is 8.98 Å². The van der Waals surface area contributed by atoms with Gasteiger partial charge in [0.15, 0.2) is 5.76 Å². The number of rotatable bonds is 5. The van der Waals surface area contributed by atoms with Gasteiger partial charge in [0, 0.05) is 18.5 Å². The summed E-state index contributed by atoms with van der Waals surface area (Å²) >= 11 is 1.48. The van der Waals surface area contributed by atoms with Crippen LogP contribution >= 0.6 is 11.8 Å². The molecule has 1 aliphatic rings. The Labute approximate surface area is 143 Å². The summed E-state index contributed by atoms with van der Waals surface area (Å²) in [6.07, 6.45) is 5.36. The monoisotopic (exact) mass is 344 g/mol. The number of oxazole rings is 1. The number of aromatic nitrogens is 4. The molecule has 0 atom stereocenters. The quantitative estimate of drug-likeness (QED) is 0.650. The Bertz CT molecular complexity index is 839. The average molecular weight is 344 g/mol. The number of hydrogen-bond acceptors (Lipinski definition) is 5. The van der Waals surface area contributed by atoms with Crippen molar-refractivity contribution < 1.29 is 8.81 Å². The normalized spacial score (nSPS) is 14.8. The summed E-state index contributed by atoms with van der Waals surface area (Å²) in [6.45, 7) is 0. The molecule has 1 aromatic carbocycles. The number of thioether (sulfide) groups is 1. The molecule has 2 heterocycles. The SMILES string of the molecule is Cn1c(CSc2ncc(-c3ccc(F)cc3)o2)nnc1C1CCC1. The molecule has 5 nitrogen and oxygen atoms in total. The first-order chi connectivity index (χ1) is 11.7. The molecule has 4 rings (SSSR count). The summed E-state index contributed by atoms with van der Waals surface area (Å²) in [5, 5.41) is 9.19. The van der Waals surface area contributed by atoms with Gasteiger partial charge >= 0.3 is 0 Å². The van der Waals surface area contributed by atoms with E-state index in [1.54, 1.807) is 18.3 Å². The lowest BCUT2D eigenvalue weighted by molar-refractivity contribution is 0.391. The van der Waals surface area contributed by atoms with Gasteiger partial charge in [0.2, 0.25) is 0 Å². The number of nitrogens with zero attached hydrogens (tertiary/aromatic N) is 4. The standard InChI is InChI=1S/C17H17FN4OS/c1-22-15(20-21-16(22)12-3-2-4-12)10-24-17-19-9-14(23-17)11-5-7-13(18)8-6-11/h5-9,12H,2-4,10H2,1H3. The molecule has 0 N–H and O–H groups in total. The van der Waals surface area contributed by atoms with Crippen LogP contribution in [-0.2, 0) is 12.8 Å². The molecule has 0 amide bonds. The molecular weight excluding hydrogens is 327 g/mol. The van der Waals surface area contributed by atoms with Crippen LogP contribution in [0, 0.1) is 5.82 Å². The van der Waals surface area contributed by atoms with E-state index in [0.717, 1.165) is 17.2 Å². The van der Waals surface area contributed by atoms with E-state index >= 15 is 0 Å². The lowest BCUT2D eigenvalue weighted by atomic mass is 9.85. The van der Waals surface area contributed by atoms with Crippen LogP contribution in [0.4, 0.5) is 4.39 Å². The van der Waals surface area contributed by atoms with Crippen LogP contribution in [-0.4, -0.2) is 19.7 Å². The van der Waals surface area contributed by atoms with Crippen molar-refractivity contribution in [2.24, 2.45) is 7.05 Å². The first-order valence-corrected chi connectivity index (χ1v) is 8.92. The largest absolute Gasteiger partial charge is 0.431 e. The maximum atomic E-state index is 13.0. The maximum Gasteiger partial charge on any atom is 0.256 e. The predicted molar refractivity (Wildman–Crippen MR) is 89.1 cm³/mol. The average Bonchev–Trinajstić information content (AvgIpc) is 3.13. The zero-order chi connectivity index (χ0) is 16.5. The topological polar surface area (TPSA) is 56.7 Å². The Morgan fingerprint density at radius 2 is 2.04 bits per heavy atom. The lowest BCUT2D eigenvalue weighted by Gasteiger charge is -2.24. The van der Waals surface area contributed by atoms with Crippen molar-refractivity contribution in [3.05, 3.63) is 47.9 Å². The van der Waals surface area contributed by atoms with Crippen molar-refractivity contribution >= 4 is 11.8 Å². The minimum Gasteiger partial charge on any atom is -0.431 e. The van der Waals surface area contributed by atoms with Gasteiger partial charge in [0.1, 0.15) is 17.5 Å². The highest BCUT2D eigenvalue weighted by Gasteiger charge is 2.25. The van der Waals surface area contributed by atoms with Crippen molar-refractivity contribution in [1.29, 1.82) is 0 Å². The summed E-state index contributed by atoms with van der Waals surface area (Å²) in [5.41, 5.74) is 0.807. The minimum absolute atomic E-state index is 0.266. The van der Waals surface area contributed by atoms with Gasteiger partial charge in [-0.15, -0.1) is 10.2 Å². The number of benzene rings is 1. The van der Waals surface area contributed by atoms with Gasteiger partial charge in [-0.2, -0.15) is 0 Å². The molecule has 7 heteroatoms. The second-order valence-corrected chi connectivity index (χ2v) is 6.87. The summed E-state index contributed by atoms with van der Waals surface area (Å²) in [5.74, 6) is 3.58. The van der Waals surface area contributed by atoms with Crippen molar-refractivity contribution in [2.45, 2.75) is 36.2 Å². The summed E-state index contributed by atoms with van der Waals surface area (Å²) in [4.78, 5) is 4.27. The summed E-state index contributed by atoms with van der Waals surface area (Å²) < 4.78 is 20.8. The van der Waals surface area contributed by atoms with Gasteiger partial charge in [-0.25, -0.2) is 9.37 Å². The first kappa shape index (κ1) is 15.4. The Morgan fingerprint density at radius 3 is 2.75 bits per heavy atom. The van der Waals surface area contributed by atoms with Gasteiger partial charge in [-0.05, 0) is 37.1 Å². The highest BCUT2D eigenvalue weighted by Crippen LogP contribution is 2.35. The summed E-state index contributed by atoms with van der Waals surface area (Å²) in [7, 11) is 2.02. The third kappa shape index (κ3) is 2.96. The van der Waals surface area contributed by atoms with Gasteiger partial charge in [-0.1, -0.05) is 18.2 Å². The molecule has 0 bridgehead atoms. The fraction of sp³-hybridized carbons (Fsp3) is 0.353. The Kier molecular flexibility index (Phi) is 4.10. The van der Waals surface area contributed by atoms with Crippen LogP contribution in [0.3, 0.4) is 0 Å². The molecule has 1 fully saturated rings. The second-order valence-electron chi connectivity index (χ2n) is 5.95. The molecule has 0 spiro atoms. The van der Waals surface area contributed by atoms with Gasteiger partial charge in [-0.3, -0.25) is 0 Å². The molecule has 1 aliphatic carbocycles. The zero-order valence-electron chi connectivity index (χ0n) is 13.3. The van der Waals surface area contributed by atoms with Gasteiger partial charge in [0.05, 0.1) is 11.9 Å². The molecule has 24 heavy (non-hydrogen) atoms. The minimum atomic E-state index is -0.266. The number of halogens is 1. The Balaban J connectivity index is 1.43. The highest BCUT2D eigenvalue weighted by molar-refractivity contribution is 7.98. The van der Waals surface area contributed by atoms with Crippen LogP contribution in [0.15, 0.2) is 40.1 Å². The van der Waals surface area contributed by atoms with Crippen LogP contribution in [0.1, 0.15) is 36.8 Å². The van der Waals surface area contributed by atoms with Gasteiger partial charge in [0.25, 0.3) is 5.22 Å². The van der Waals surface area contributed by atoms with Crippen LogP contribution < -0.4 is 0 Å². The van der Waals surface area contributed by atoms with Crippen molar-refractivity contribution in [1.82, 2.24) is 19.7 Å². The van der Waals surface area contributed by atoms with E-state index in [-0.39, 0.29) is 5.82 Å². The molecule has 0 saturated heterocycles. The summed E-state index contributed by atoms with van der Waals surface area (Å²) in [6, 6.07) is 6.17. The van der Waals surface area contributed by atoms with Crippen LogP contribution in [0.25, 0.3) is 11.3 Å². The van der Waals surface area contributed by atoms with Crippen LogP contribution in [0.5, 0.6) is 0 Å². The van der Waals surface area contributed by atoms with E-state index < -0.39 is 0 Å². The fourth-order valence-electron chi connectivity index (χ4n) is 2.72. The Hall–Kier alpha value is -2.15. The maximum absolute atomic E-state index is 13.0. The molecule has 0 unspecified atom stereocenters. The fourth-order valence-corrected chi connectivity index (χ4v) is 3.50. The van der Waals surface area contributed by atoms with E-state index in [4.69, 9.17) is 4.42 Å². The van der Waals surface area contributed by atoms with E-state index in [1.165, 1.54) is 43.2 Å². The van der Waals surface area contributed by atoms with Crippen molar-refractivity contribution in [3.8, 4) is 11.3 Å². The van der Waals surface area contributed by atoms with E-state index in [0.29, 0.717) is 22.7 Å². The predicted octanol–water partition coefficient (Wildman–Crippen LogP) is 4.17. The molecule has 3 aromatic rings. The third-order valence-electron chi connectivity index (χ3n) is 4.41. The molecule has 0 aliphatic heterocycles. The lowest BCUT2D eigenvalue weighted by Crippen LogP contribution is -2.14.